The summed E-state index contributed by atoms with van der Waals surface area (Å²) in [6.45, 7) is 9.73. The Labute approximate surface area is 353 Å². The van der Waals surface area contributed by atoms with Gasteiger partial charge in [0, 0.05) is 99.8 Å². The van der Waals surface area contributed by atoms with Crippen molar-refractivity contribution in [3.05, 3.63) is 136 Å². The number of ether oxygens (including phenoxy) is 1. The van der Waals surface area contributed by atoms with E-state index in [1.807, 2.05) is 72.0 Å². The van der Waals surface area contributed by atoms with Gasteiger partial charge in [0.25, 0.3) is 11.8 Å². The van der Waals surface area contributed by atoms with E-state index in [1.54, 1.807) is 41.1 Å². The van der Waals surface area contributed by atoms with Gasteiger partial charge in [0.05, 0.1) is 18.8 Å². The van der Waals surface area contributed by atoms with E-state index in [-0.39, 0.29) is 29.6 Å². The third-order valence-electron chi connectivity index (χ3n) is 12.7. The molecule has 11 nitrogen and oxygen atoms in total. The minimum atomic E-state index is -0.130. The molecule has 3 aliphatic rings. The third kappa shape index (κ3) is 8.29. The molecule has 3 aliphatic heterocycles. The summed E-state index contributed by atoms with van der Waals surface area (Å²) < 4.78 is 7.71. The molecule has 1 fully saturated rings. The van der Waals surface area contributed by atoms with Crippen molar-refractivity contribution >= 4 is 29.2 Å². The van der Waals surface area contributed by atoms with Crippen LogP contribution in [0.25, 0.3) is 11.3 Å². The molecule has 11 heteroatoms. The monoisotopic (exact) mass is 808 g/mol. The van der Waals surface area contributed by atoms with Crippen LogP contribution in [0.2, 0.25) is 0 Å². The van der Waals surface area contributed by atoms with E-state index in [2.05, 4.69) is 41.0 Å². The molecule has 1 saturated heterocycles. The molecule has 1 aromatic heterocycles. The lowest BCUT2D eigenvalue weighted by Gasteiger charge is -2.41. The number of fused-ring (bicyclic) bond motifs is 2. The van der Waals surface area contributed by atoms with Crippen molar-refractivity contribution in [3.8, 4) is 17.0 Å². The summed E-state index contributed by atoms with van der Waals surface area (Å²) in [5.41, 5.74) is 9.46. The maximum atomic E-state index is 15.5. The second kappa shape index (κ2) is 17.7. The molecule has 0 saturated carbocycles. The Hall–Kier alpha value is -5.91. The van der Waals surface area contributed by atoms with E-state index in [9.17, 15) is 14.7 Å². The molecule has 5 aromatic rings. The van der Waals surface area contributed by atoms with Crippen LogP contribution in [-0.4, -0.2) is 101 Å². The highest BCUT2D eigenvalue weighted by Crippen LogP contribution is 2.36. The number of amides is 4. The number of anilines is 2. The molecule has 8 rings (SSSR count). The number of hydrogen-bond acceptors (Lipinski definition) is 6. The van der Waals surface area contributed by atoms with Crippen LogP contribution >= 0.6 is 0 Å². The number of carbonyl (C=O) groups is 3. The maximum absolute atomic E-state index is 15.5. The van der Waals surface area contributed by atoms with Crippen molar-refractivity contribution in [3.63, 3.8) is 0 Å². The molecule has 4 heterocycles. The number of aromatic nitrogens is 1. The van der Waals surface area contributed by atoms with Crippen molar-refractivity contribution in [2.24, 2.45) is 7.05 Å². The van der Waals surface area contributed by atoms with E-state index in [4.69, 9.17) is 4.74 Å². The number of nitrogens with zero attached hydrogens (tertiary/aromatic N) is 6. The first-order chi connectivity index (χ1) is 29.1. The SMILES string of the molecule is CCCCN(C(=O)c1cc(-c2cc3c(cc2C(=O)N2Cc4ccccc4C[C@H]2CN2CCOCC2)CN(C(=O)N(C)c2ccccc2)CC3)n(C)c1C)c1ccc(O)cc1. The fraction of sp³-hybridized carbons (Fsp3) is 0.367. The van der Waals surface area contributed by atoms with Crippen LogP contribution in [0, 0.1) is 6.92 Å². The van der Waals surface area contributed by atoms with Gasteiger partial charge < -0.3 is 29.1 Å². The maximum Gasteiger partial charge on any atom is 0.324 e. The van der Waals surface area contributed by atoms with Crippen LogP contribution in [0.3, 0.4) is 0 Å². The van der Waals surface area contributed by atoms with Crippen molar-refractivity contribution in [2.45, 2.75) is 58.7 Å². The highest BCUT2D eigenvalue weighted by Gasteiger charge is 2.35. The van der Waals surface area contributed by atoms with Crippen LogP contribution in [-0.2, 0) is 37.7 Å². The fourth-order valence-electron chi connectivity index (χ4n) is 8.98. The zero-order valence-corrected chi connectivity index (χ0v) is 35.3. The first-order valence-electron chi connectivity index (χ1n) is 21.3. The summed E-state index contributed by atoms with van der Waals surface area (Å²) in [5, 5.41) is 10.0. The van der Waals surface area contributed by atoms with Crippen LogP contribution < -0.4 is 9.80 Å². The first-order valence-corrected chi connectivity index (χ1v) is 21.3. The lowest BCUT2D eigenvalue weighted by molar-refractivity contribution is 0.0193. The zero-order chi connectivity index (χ0) is 41.9. The number of unbranched alkanes of at least 4 members (excludes halogenated alkanes) is 1. The molecule has 0 spiro atoms. The highest BCUT2D eigenvalue weighted by atomic mass is 16.5. The average Bonchev–Trinajstić information content (AvgIpc) is 3.58. The summed E-state index contributed by atoms with van der Waals surface area (Å²) in [5.74, 6) is -0.0513. The minimum Gasteiger partial charge on any atom is -0.508 e. The number of morpholine rings is 1. The second-order valence-corrected chi connectivity index (χ2v) is 16.4. The van der Waals surface area contributed by atoms with E-state index < -0.39 is 0 Å². The first kappa shape index (κ1) is 40.9. The number of urea groups is 1. The van der Waals surface area contributed by atoms with E-state index in [0.717, 1.165) is 83.9 Å². The second-order valence-electron chi connectivity index (χ2n) is 16.4. The number of para-hydroxylation sites is 1. The van der Waals surface area contributed by atoms with Gasteiger partial charge in [-0.15, -0.1) is 0 Å². The molecular formula is C49H56N6O5. The number of phenolic OH excluding ortho intramolecular Hbond substituents is 1. The molecule has 0 bridgehead atoms. The number of rotatable bonds is 10. The predicted molar refractivity (Wildman–Crippen MR) is 236 cm³/mol. The van der Waals surface area contributed by atoms with Crippen LogP contribution in [0.15, 0.2) is 97.1 Å². The van der Waals surface area contributed by atoms with Crippen molar-refractivity contribution in [1.29, 1.82) is 0 Å². The number of carbonyl (C=O) groups excluding carboxylic acids is 3. The topological polar surface area (TPSA) is 102 Å². The molecular weight excluding hydrogens is 753 g/mol. The van der Waals surface area contributed by atoms with Crippen molar-refractivity contribution in [1.82, 2.24) is 19.3 Å². The standard InChI is InChI=1S/C49H56N6O5/c1-5-6-21-54(40-16-18-42(56)19-17-40)47(57)43-30-46(50(3)34(43)2)44-28-36-20-22-53(49(59)51(4)39-14-8-7-9-15-39)31-38(36)29-45(44)48(58)55-32-37-13-11-10-12-35(37)27-41(55)33-52-23-25-60-26-24-52/h7-19,28-30,41,56H,5-6,20-27,31-33H2,1-4H3/t41-/m0/s1. The molecule has 4 aromatic carbocycles. The van der Waals surface area contributed by atoms with Gasteiger partial charge in [0.1, 0.15) is 5.75 Å². The Morgan fingerprint density at radius 2 is 1.52 bits per heavy atom. The Morgan fingerprint density at radius 3 is 2.25 bits per heavy atom. The van der Waals surface area contributed by atoms with Crippen molar-refractivity contribution < 1.29 is 24.2 Å². The molecule has 0 aliphatic carbocycles. The van der Waals surface area contributed by atoms with Crippen LogP contribution in [0.4, 0.5) is 16.2 Å². The average molecular weight is 809 g/mol. The lowest BCUT2D eigenvalue weighted by Crippen LogP contribution is -2.52. The van der Waals surface area contributed by atoms with E-state index in [1.165, 1.54) is 5.56 Å². The Bertz CT molecular complexity index is 2350. The molecule has 0 radical (unpaired) electrons. The highest BCUT2D eigenvalue weighted by molar-refractivity contribution is 6.08. The van der Waals surface area contributed by atoms with Gasteiger partial charge in [-0.1, -0.05) is 55.8 Å². The van der Waals surface area contributed by atoms with Gasteiger partial charge in [-0.05, 0) is 103 Å². The zero-order valence-electron chi connectivity index (χ0n) is 35.3. The van der Waals surface area contributed by atoms with Crippen molar-refractivity contribution in [2.75, 3.05) is 62.8 Å². The summed E-state index contributed by atoms with van der Waals surface area (Å²) >= 11 is 0. The van der Waals surface area contributed by atoms with Gasteiger partial charge in [0.15, 0.2) is 0 Å². The summed E-state index contributed by atoms with van der Waals surface area (Å²) in [7, 11) is 3.76. The van der Waals surface area contributed by atoms with Gasteiger partial charge in [-0.25, -0.2) is 4.79 Å². The predicted octanol–water partition coefficient (Wildman–Crippen LogP) is 7.67. The quantitative estimate of drug-likeness (QED) is 0.156. The van der Waals surface area contributed by atoms with E-state index in [0.29, 0.717) is 56.9 Å². The van der Waals surface area contributed by atoms with Gasteiger partial charge in [-0.2, -0.15) is 0 Å². The number of hydrogen-bond donors (Lipinski definition) is 1. The largest absolute Gasteiger partial charge is 0.508 e. The number of aromatic hydroxyl groups is 1. The Morgan fingerprint density at radius 1 is 0.800 bits per heavy atom. The van der Waals surface area contributed by atoms with E-state index >= 15 is 4.79 Å². The Balaban J connectivity index is 1.20. The third-order valence-corrected chi connectivity index (χ3v) is 12.7. The number of benzene rings is 4. The molecule has 4 amide bonds. The van der Waals surface area contributed by atoms with Gasteiger partial charge in [-0.3, -0.25) is 19.4 Å². The van der Waals surface area contributed by atoms with Crippen LogP contribution in [0.5, 0.6) is 5.75 Å². The molecule has 312 valence electrons. The lowest BCUT2D eigenvalue weighted by atomic mass is 9.89. The summed E-state index contributed by atoms with van der Waals surface area (Å²) in [4.78, 5) is 53.8. The summed E-state index contributed by atoms with van der Waals surface area (Å²) in [6.07, 6.45) is 3.11. The molecule has 60 heavy (non-hydrogen) atoms. The minimum absolute atomic E-state index is 0.0586. The Kier molecular flexibility index (Phi) is 12.1. The van der Waals surface area contributed by atoms with Gasteiger partial charge in [0.2, 0.25) is 0 Å². The van der Waals surface area contributed by atoms with Gasteiger partial charge >= 0.3 is 6.03 Å². The molecule has 1 atom stereocenters. The number of phenols is 1. The molecule has 1 N–H and O–H groups in total. The van der Waals surface area contributed by atoms with Crippen LogP contribution in [0.1, 0.15) is 68.4 Å². The fourth-order valence-corrected chi connectivity index (χ4v) is 8.98. The smallest absolute Gasteiger partial charge is 0.324 e. The normalized spacial score (nSPS) is 16.6. The summed E-state index contributed by atoms with van der Waals surface area (Å²) in [6, 6.07) is 30.8. The molecule has 0 unspecified atom stereocenters.